The van der Waals surface area contributed by atoms with Gasteiger partial charge < -0.3 is 10.1 Å². The highest BCUT2D eigenvalue weighted by Crippen LogP contribution is 2.51. The highest BCUT2D eigenvalue weighted by Gasteiger charge is 2.38. The van der Waals surface area contributed by atoms with Crippen LogP contribution in [0, 0.1) is 5.92 Å². The van der Waals surface area contributed by atoms with E-state index in [2.05, 4.69) is 75.9 Å². The van der Waals surface area contributed by atoms with Crippen LogP contribution in [0.25, 0.3) is 0 Å². The lowest BCUT2D eigenvalue weighted by Gasteiger charge is -2.38. The number of hydrogen-bond acceptors (Lipinski definition) is 2. The van der Waals surface area contributed by atoms with Gasteiger partial charge in [0.1, 0.15) is 5.75 Å². The van der Waals surface area contributed by atoms with Gasteiger partial charge in [-0.2, -0.15) is 0 Å². The summed E-state index contributed by atoms with van der Waals surface area (Å²) in [7, 11) is 0. The van der Waals surface area contributed by atoms with E-state index in [1.54, 1.807) is 0 Å². The van der Waals surface area contributed by atoms with E-state index in [-0.39, 0.29) is 0 Å². The largest absolute Gasteiger partial charge is 0.494 e. The molecule has 0 aromatic heterocycles. The van der Waals surface area contributed by atoms with E-state index in [0.29, 0.717) is 24.5 Å². The zero-order valence-electron chi connectivity index (χ0n) is 13.1. The van der Waals surface area contributed by atoms with Crippen molar-refractivity contribution < 1.29 is 4.74 Å². The molecule has 1 N–H and O–H groups in total. The van der Waals surface area contributed by atoms with Crippen molar-refractivity contribution in [2.75, 3.05) is 11.9 Å². The Labute approximate surface area is 145 Å². The summed E-state index contributed by atoms with van der Waals surface area (Å²) in [6, 6.07) is 15.3. The molecule has 23 heavy (non-hydrogen) atoms. The quantitative estimate of drug-likeness (QED) is 0.703. The van der Waals surface area contributed by atoms with Crippen LogP contribution < -0.4 is 10.1 Å². The van der Waals surface area contributed by atoms with Crippen LogP contribution in [-0.4, -0.2) is 6.61 Å². The third-order valence-electron chi connectivity index (χ3n) is 4.89. The first-order chi connectivity index (χ1) is 11.3. The van der Waals surface area contributed by atoms with E-state index in [9.17, 15) is 0 Å². The number of allylic oxidation sites excluding steroid dienone is 2. The molecule has 1 heterocycles. The van der Waals surface area contributed by atoms with Gasteiger partial charge in [-0.1, -0.05) is 46.3 Å². The van der Waals surface area contributed by atoms with Crippen molar-refractivity contribution in [2.45, 2.75) is 25.3 Å². The SMILES string of the molecule is CCOc1ccc2c(c1)[C@@H]1C=CC[C@H]1[C@H](c1ccccc1Br)N2. The number of benzene rings is 2. The molecule has 0 amide bonds. The minimum Gasteiger partial charge on any atom is -0.494 e. The van der Waals surface area contributed by atoms with E-state index in [0.717, 1.165) is 12.2 Å². The molecular weight excluding hydrogens is 350 g/mol. The van der Waals surface area contributed by atoms with Crippen LogP contribution in [0.3, 0.4) is 0 Å². The normalized spacial score (nSPS) is 24.7. The van der Waals surface area contributed by atoms with Crippen molar-refractivity contribution in [1.29, 1.82) is 0 Å². The molecular formula is C20H20BrNO. The van der Waals surface area contributed by atoms with Gasteiger partial charge in [-0.15, -0.1) is 0 Å². The molecule has 1 aliphatic heterocycles. The molecule has 0 saturated carbocycles. The first-order valence-corrected chi connectivity index (χ1v) is 9.01. The summed E-state index contributed by atoms with van der Waals surface area (Å²) in [6.07, 6.45) is 5.80. The van der Waals surface area contributed by atoms with Gasteiger partial charge in [0.25, 0.3) is 0 Å². The number of fused-ring (bicyclic) bond motifs is 3. The summed E-state index contributed by atoms with van der Waals surface area (Å²) in [5.74, 6) is 1.98. The Bertz CT molecular complexity index is 755. The van der Waals surface area contributed by atoms with Gasteiger partial charge in [-0.25, -0.2) is 0 Å². The Morgan fingerprint density at radius 2 is 2.04 bits per heavy atom. The van der Waals surface area contributed by atoms with Gasteiger partial charge in [0.05, 0.1) is 12.6 Å². The lowest BCUT2D eigenvalue weighted by molar-refractivity contribution is 0.338. The molecule has 2 aromatic rings. The second-order valence-electron chi connectivity index (χ2n) is 6.18. The zero-order valence-corrected chi connectivity index (χ0v) is 14.7. The number of ether oxygens (including phenoxy) is 1. The molecule has 0 radical (unpaired) electrons. The van der Waals surface area contributed by atoms with Gasteiger partial charge in [-0.05, 0) is 54.7 Å². The second-order valence-corrected chi connectivity index (χ2v) is 7.03. The predicted molar refractivity (Wildman–Crippen MR) is 98.1 cm³/mol. The van der Waals surface area contributed by atoms with E-state index in [1.165, 1.54) is 21.3 Å². The van der Waals surface area contributed by atoms with Gasteiger partial charge in [0.2, 0.25) is 0 Å². The first kappa shape index (κ1) is 14.8. The van der Waals surface area contributed by atoms with Crippen molar-refractivity contribution in [3.05, 3.63) is 70.2 Å². The molecule has 0 fully saturated rings. The topological polar surface area (TPSA) is 21.3 Å². The van der Waals surface area contributed by atoms with Crippen LogP contribution in [0.1, 0.15) is 36.4 Å². The smallest absolute Gasteiger partial charge is 0.119 e. The Hall–Kier alpha value is -1.74. The Balaban J connectivity index is 1.76. The molecule has 118 valence electrons. The molecule has 0 unspecified atom stereocenters. The van der Waals surface area contributed by atoms with Gasteiger partial charge >= 0.3 is 0 Å². The van der Waals surface area contributed by atoms with Crippen molar-refractivity contribution in [1.82, 2.24) is 0 Å². The molecule has 0 saturated heterocycles. The summed E-state index contributed by atoms with van der Waals surface area (Å²) in [5, 5.41) is 3.77. The van der Waals surface area contributed by atoms with Crippen LogP contribution in [0.2, 0.25) is 0 Å². The van der Waals surface area contributed by atoms with Crippen LogP contribution in [-0.2, 0) is 0 Å². The standard InChI is InChI=1S/C20H20BrNO/c1-2-23-13-10-11-19-17(12-13)14-7-5-8-15(14)20(22-19)16-6-3-4-9-18(16)21/h3-7,9-12,14-15,20,22H,2,8H2,1H3/t14-,15-,20-/m1/s1. The Kier molecular flexibility index (Phi) is 3.90. The predicted octanol–water partition coefficient (Wildman–Crippen LogP) is 5.67. The molecule has 3 heteroatoms. The third-order valence-corrected chi connectivity index (χ3v) is 5.61. The number of halogens is 1. The first-order valence-electron chi connectivity index (χ1n) is 8.22. The van der Waals surface area contributed by atoms with E-state index in [4.69, 9.17) is 4.74 Å². The van der Waals surface area contributed by atoms with Gasteiger partial charge in [0.15, 0.2) is 0 Å². The molecule has 2 aliphatic rings. The summed E-state index contributed by atoms with van der Waals surface area (Å²) >= 11 is 3.72. The number of nitrogens with one attached hydrogen (secondary N) is 1. The molecule has 4 rings (SSSR count). The minimum atomic E-state index is 0.330. The molecule has 0 bridgehead atoms. The zero-order chi connectivity index (χ0) is 15.8. The lowest BCUT2D eigenvalue weighted by atomic mass is 9.77. The van der Waals surface area contributed by atoms with Gasteiger partial charge in [0, 0.05) is 16.1 Å². The number of hydrogen-bond donors (Lipinski definition) is 1. The Morgan fingerprint density at radius 1 is 1.17 bits per heavy atom. The highest BCUT2D eigenvalue weighted by molar-refractivity contribution is 9.10. The fourth-order valence-electron chi connectivity index (χ4n) is 3.86. The molecule has 3 atom stereocenters. The van der Waals surface area contributed by atoms with E-state index >= 15 is 0 Å². The maximum atomic E-state index is 5.69. The highest BCUT2D eigenvalue weighted by atomic mass is 79.9. The maximum absolute atomic E-state index is 5.69. The summed E-state index contributed by atoms with van der Waals surface area (Å²) in [6.45, 7) is 2.73. The maximum Gasteiger partial charge on any atom is 0.119 e. The fourth-order valence-corrected chi connectivity index (χ4v) is 4.40. The molecule has 2 nitrogen and oxygen atoms in total. The van der Waals surface area contributed by atoms with Crippen molar-refractivity contribution >= 4 is 21.6 Å². The van der Waals surface area contributed by atoms with Crippen molar-refractivity contribution in [3.8, 4) is 5.75 Å². The minimum absolute atomic E-state index is 0.330. The molecule has 2 aromatic carbocycles. The third kappa shape index (κ3) is 2.57. The average molecular weight is 370 g/mol. The van der Waals surface area contributed by atoms with Crippen LogP contribution >= 0.6 is 15.9 Å². The summed E-state index contributed by atoms with van der Waals surface area (Å²) in [5.41, 5.74) is 3.92. The van der Waals surface area contributed by atoms with E-state index < -0.39 is 0 Å². The van der Waals surface area contributed by atoms with Gasteiger partial charge in [-0.3, -0.25) is 0 Å². The Morgan fingerprint density at radius 3 is 2.87 bits per heavy atom. The van der Waals surface area contributed by atoms with Crippen molar-refractivity contribution in [3.63, 3.8) is 0 Å². The van der Waals surface area contributed by atoms with Crippen LogP contribution in [0.4, 0.5) is 5.69 Å². The summed E-state index contributed by atoms with van der Waals surface area (Å²) in [4.78, 5) is 0. The van der Waals surface area contributed by atoms with Crippen molar-refractivity contribution in [2.24, 2.45) is 5.92 Å². The summed E-state index contributed by atoms with van der Waals surface area (Å²) < 4.78 is 6.87. The van der Waals surface area contributed by atoms with Crippen LogP contribution in [0.15, 0.2) is 59.1 Å². The molecule has 1 aliphatic carbocycles. The average Bonchev–Trinajstić information content (AvgIpc) is 3.05. The lowest BCUT2D eigenvalue weighted by Crippen LogP contribution is -2.29. The number of rotatable bonds is 3. The second kappa shape index (κ2) is 6.04. The molecule has 0 spiro atoms. The van der Waals surface area contributed by atoms with E-state index in [1.807, 2.05) is 6.92 Å². The fraction of sp³-hybridized carbons (Fsp3) is 0.300. The van der Waals surface area contributed by atoms with Crippen LogP contribution in [0.5, 0.6) is 5.75 Å². The number of anilines is 1. The monoisotopic (exact) mass is 369 g/mol.